The van der Waals surface area contributed by atoms with E-state index in [0.29, 0.717) is 37.1 Å². The van der Waals surface area contributed by atoms with Crippen molar-refractivity contribution in [2.45, 2.75) is 56.0 Å². The number of nitrogens with one attached hydrogen (secondary N) is 1. The lowest BCUT2D eigenvalue weighted by molar-refractivity contribution is 0.141. The zero-order valence-electron chi connectivity index (χ0n) is 22.3. The van der Waals surface area contributed by atoms with E-state index in [1.54, 1.807) is 39.4 Å². The molecule has 1 saturated carbocycles. The van der Waals surface area contributed by atoms with Gasteiger partial charge < -0.3 is 5.32 Å². The number of anilines is 1. The van der Waals surface area contributed by atoms with Gasteiger partial charge in [-0.2, -0.15) is 9.40 Å². The highest BCUT2D eigenvalue weighted by molar-refractivity contribution is 7.89. The van der Waals surface area contributed by atoms with Crippen LogP contribution in [0.4, 0.5) is 5.82 Å². The number of fused-ring (bicyclic) bond motifs is 1. The van der Waals surface area contributed by atoms with Gasteiger partial charge in [-0.15, -0.1) is 0 Å². The largest absolute Gasteiger partial charge is 0.367 e. The van der Waals surface area contributed by atoms with Crippen LogP contribution in [0, 0.1) is 0 Å². The van der Waals surface area contributed by atoms with Crippen molar-refractivity contribution in [2.75, 3.05) is 31.5 Å². The van der Waals surface area contributed by atoms with Gasteiger partial charge in [-0.25, -0.2) is 23.1 Å². The molecule has 9 nitrogen and oxygen atoms in total. The maximum atomic E-state index is 13.4. The predicted molar refractivity (Wildman–Crippen MR) is 152 cm³/mol. The Kier molecular flexibility index (Phi) is 7.33. The van der Waals surface area contributed by atoms with Gasteiger partial charge in [0, 0.05) is 50.0 Å². The van der Waals surface area contributed by atoms with Gasteiger partial charge in [0.2, 0.25) is 10.0 Å². The summed E-state index contributed by atoms with van der Waals surface area (Å²) in [4.78, 5) is 12.5. The van der Waals surface area contributed by atoms with Crippen molar-refractivity contribution in [1.82, 2.24) is 29.0 Å². The van der Waals surface area contributed by atoms with Crippen LogP contribution in [0.2, 0.25) is 0 Å². The summed E-state index contributed by atoms with van der Waals surface area (Å²) in [5.41, 5.74) is 1.76. The summed E-state index contributed by atoms with van der Waals surface area (Å²) in [6, 6.07) is 17.3. The minimum absolute atomic E-state index is 0.0280. The molecule has 1 N–H and O–H groups in total. The fourth-order valence-corrected chi connectivity index (χ4v) is 7.09. The normalized spacial score (nSPS) is 18.8. The molecule has 3 heterocycles. The third kappa shape index (κ3) is 5.41. The number of hydrogen-bond donors (Lipinski definition) is 1. The van der Waals surface area contributed by atoms with E-state index in [1.807, 2.05) is 30.5 Å². The number of aromatic nitrogens is 4. The molecule has 0 spiro atoms. The van der Waals surface area contributed by atoms with Gasteiger partial charge in [0.15, 0.2) is 0 Å². The Morgan fingerprint density at radius 3 is 2.36 bits per heavy atom. The summed E-state index contributed by atoms with van der Waals surface area (Å²) in [6.07, 6.45) is 9.69. The quantitative estimate of drug-likeness (QED) is 0.362. The minimum atomic E-state index is -3.58. The average molecular weight is 546 g/mol. The van der Waals surface area contributed by atoms with Crippen LogP contribution in [-0.4, -0.2) is 69.6 Å². The summed E-state index contributed by atoms with van der Waals surface area (Å²) in [5.74, 6) is 1.69. The Hall–Kier alpha value is -3.34. The first-order valence-electron chi connectivity index (χ1n) is 13.9. The lowest BCUT2D eigenvalue weighted by Crippen LogP contribution is -2.49. The molecule has 0 radical (unpaired) electrons. The van der Waals surface area contributed by atoms with Gasteiger partial charge >= 0.3 is 0 Å². The summed E-state index contributed by atoms with van der Waals surface area (Å²) >= 11 is 0. The lowest BCUT2D eigenvalue weighted by atomic mass is 9.95. The van der Waals surface area contributed by atoms with E-state index in [0.717, 1.165) is 28.2 Å². The lowest BCUT2D eigenvalue weighted by Gasteiger charge is -2.37. The molecule has 10 heteroatoms. The molecular weight excluding hydrogens is 510 g/mol. The van der Waals surface area contributed by atoms with E-state index >= 15 is 0 Å². The van der Waals surface area contributed by atoms with Crippen molar-refractivity contribution in [3.63, 3.8) is 0 Å². The minimum Gasteiger partial charge on any atom is -0.367 e. The molecule has 2 aliphatic rings. The highest BCUT2D eigenvalue weighted by atomic mass is 32.2. The second kappa shape index (κ2) is 11.0. The summed E-state index contributed by atoms with van der Waals surface area (Å²) in [5, 5.41) is 8.97. The Bertz CT molecular complexity index is 1510. The first-order valence-corrected chi connectivity index (χ1v) is 15.3. The molecule has 0 bridgehead atoms. The number of nitrogens with zero attached hydrogens (tertiary/aromatic N) is 6. The van der Waals surface area contributed by atoms with E-state index < -0.39 is 10.0 Å². The summed E-state index contributed by atoms with van der Waals surface area (Å²) in [6.45, 7) is 4.20. The maximum Gasteiger partial charge on any atom is 0.243 e. The second-order valence-corrected chi connectivity index (χ2v) is 12.4. The first-order chi connectivity index (χ1) is 19.0. The highest BCUT2D eigenvalue weighted by Gasteiger charge is 2.31. The van der Waals surface area contributed by atoms with Crippen molar-refractivity contribution < 1.29 is 8.42 Å². The monoisotopic (exact) mass is 545 g/mol. The Balaban J connectivity index is 1.15. The molecule has 1 aliphatic carbocycles. The molecule has 2 aromatic heterocycles. The number of sulfonamides is 1. The summed E-state index contributed by atoms with van der Waals surface area (Å²) in [7, 11) is -3.58. The van der Waals surface area contributed by atoms with Crippen LogP contribution < -0.4 is 5.32 Å². The number of benzene rings is 2. The zero-order chi connectivity index (χ0) is 26.8. The molecule has 2 aromatic carbocycles. The van der Waals surface area contributed by atoms with Crippen LogP contribution >= 0.6 is 0 Å². The molecule has 1 atom stereocenters. The molecule has 1 saturated heterocycles. The van der Waals surface area contributed by atoms with Crippen molar-refractivity contribution in [2.24, 2.45) is 0 Å². The maximum absolute atomic E-state index is 13.4. The van der Waals surface area contributed by atoms with Crippen LogP contribution in [0.25, 0.3) is 16.6 Å². The molecule has 2 fully saturated rings. The average Bonchev–Trinajstić information content (AvgIpc) is 3.53. The molecule has 39 heavy (non-hydrogen) atoms. The van der Waals surface area contributed by atoms with E-state index in [9.17, 15) is 8.42 Å². The van der Waals surface area contributed by atoms with Gasteiger partial charge in [0.1, 0.15) is 11.6 Å². The van der Waals surface area contributed by atoms with E-state index in [2.05, 4.69) is 28.3 Å². The Labute approximate surface area is 229 Å². The fraction of sp³-hybridized carbons (Fsp3) is 0.414. The predicted octanol–water partition coefficient (Wildman–Crippen LogP) is 4.63. The highest BCUT2D eigenvalue weighted by Crippen LogP contribution is 2.29. The first kappa shape index (κ1) is 25.9. The van der Waals surface area contributed by atoms with Gasteiger partial charge in [0.25, 0.3) is 0 Å². The number of piperazine rings is 1. The van der Waals surface area contributed by atoms with Crippen molar-refractivity contribution in [1.29, 1.82) is 0 Å². The fourth-order valence-electron chi connectivity index (χ4n) is 5.67. The Morgan fingerprint density at radius 1 is 0.897 bits per heavy atom. The van der Waals surface area contributed by atoms with Crippen LogP contribution in [0.15, 0.2) is 71.9 Å². The number of hydrogen-bond acceptors (Lipinski definition) is 7. The third-order valence-corrected chi connectivity index (χ3v) is 9.92. The van der Waals surface area contributed by atoms with Crippen LogP contribution in [0.3, 0.4) is 0 Å². The Morgan fingerprint density at radius 2 is 1.64 bits per heavy atom. The molecule has 1 aliphatic heterocycles. The smallest absolute Gasteiger partial charge is 0.243 e. The van der Waals surface area contributed by atoms with E-state index in [1.165, 1.54) is 32.1 Å². The van der Waals surface area contributed by atoms with Crippen molar-refractivity contribution >= 4 is 26.7 Å². The molecule has 6 rings (SSSR count). The van der Waals surface area contributed by atoms with Crippen LogP contribution in [0.1, 0.15) is 50.9 Å². The zero-order valence-corrected chi connectivity index (χ0v) is 23.1. The molecule has 204 valence electrons. The standard InChI is InChI=1S/C29H35N7O2S/c1-22(28-32-27-11-6-5-10-26(27)29(33-28)31-23-8-3-2-4-9-23)34-18-20-35(21-19-34)39(37,38)25-14-12-24(13-15-25)36-17-7-16-30-36/h5-7,10-17,22-23H,2-4,8-9,18-21H2,1H3,(H,31,32,33). The SMILES string of the molecule is CC(c1nc(NC2CCCCC2)c2ccccc2n1)N1CCN(S(=O)(=O)c2ccc(-n3cccn3)cc2)CC1. The molecule has 1 unspecified atom stereocenters. The summed E-state index contributed by atoms with van der Waals surface area (Å²) < 4.78 is 30.0. The topological polar surface area (TPSA) is 96.3 Å². The van der Waals surface area contributed by atoms with Crippen LogP contribution in [0.5, 0.6) is 0 Å². The van der Waals surface area contributed by atoms with Gasteiger partial charge in [-0.1, -0.05) is 31.4 Å². The third-order valence-electron chi connectivity index (χ3n) is 8.00. The number of rotatable bonds is 7. The van der Waals surface area contributed by atoms with Gasteiger partial charge in [0.05, 0.1) is 22.1 Å². The van der Waals surface area contributed by atoms with E-state index in [-0.39, 0.29) is 6.04 Å². The molecule has 0 amide bonds. The van der Waals surface area contributed by atoms with Crippen molar-refractivity contribution in [3.8, 4) is 5.69 Å². The van der Waals surface area contributed by atoms with Gasteiger partial charge in [-0.05, 0) is 62.2 Å². The van der Waals surface area contributed by atoms with Crippen molar-refractivity contribution in [3.05, 3.63) is 72.8 Å². The molecular formula is C29H35N7O2S. The molecule has 4 aromatic rings. The van der Waals surface area contributed by atoms with Gasteiger partial charge in [-0.3, -0.25) is 4.90 Å². The second-order valence-electron chi connectivity index (χ2n) is 10.5. The van der Waals surface area contributed by atoms with Crippen LogP contribution in [-0.2, 0) is 10.0 Å². The van der Waals surface area contributed by atoms with E-state index in [4.69, 9.17) is 9.97 Å². The number of para-hydroxylation sites is 1.